The minimum atomic E-state index is -3.42. The van der Waals surface area contributed by atoms with Gasteiger partial charge in [-0.2, -0.15) is 8.78 Å². The molecule has 92 valence electrons. The summed E-state index contributed by atoms with van der Waals surface area (Å²) >= 11 is 0. The number of rotatable bonds is 2. The Hall–Kier alpha value is 2.97. The zero-order valence-electron chi connectivity index (χ0n) is 10.6. The first-order chi connectivity index (χ1) is 7.43. The Morgan fingerprint density at radius 1 is 1.28 bits per heavy atom. The second kappa shape index (κ2) is 8.56. The summed E-state index contributed by atoms with van der Waals surface area (Å²) < 4.78 is 41.1. The number of alkyl halides is 3. The molecule has 0 aromatic carbocycles. The maximum Gasteiger partial charge on any atom is 1.00 e. The number of nitrogens with zero attached hydrogens (tertiary/aromatic N) is 2. The maximum atomic E-state index is 13.8. The molecule has 0 amide bonds. The number of hydrogen-bond acceptors (Lipinski definition) is 4. The Bertz CT molecular complexity index is 279. The van der Waals surface area contributed by atoms with Gasteiger partial charge in [0, 0.05) is 6.54 Å². The molecule has 2 atom stereocenters. The molecule has 18 heavy (non-hydrogen) atoms. The molecule has 2 aliphatic rings. The number of halogens is 3. The second-order valence-electron chi connectivity index (χ2n) is 4.26. The Morgan fingerprint density at radius 2 is 1.89 bits per heavy atom. The van der Waals surface area contributed by atoms with Gasteiger partial charge in [-0.1, -0.05) is 13.6 Å². The summed E-state index contributed by atoms with van der Waals surface area (Å²) in [5, 5.41) is 20.8. The summed E-state index contributed by atoms with van der Waals surface area (Å²) in [6.45, 7) is 0.305. The van der Waals surface area contributed by atoms with Gasteiger partial charge in [-0.25, -0.2) is 9.29 Å². The van der Waals surface area contributed by atoms with Crippen molar-refractivity contribution in [3.8, 4) is 0 Å². The zero-order chi connectivity index (χ0) is 11.9. The SMILES string of the molecule is [K+].[K+].[O-]B([O-])CN1[C@@H](F)CN2CCCC2C1(F)F. The average Bonchev–Trinajstić information content (AvgIpc) is 2.60. The molecule has 0 N–H and O–H groups in total. The molecule has 0 aromatic rings. The predicted octanol–water partition coefficient (Wildman–Crippen LogP) is -7.59. The first-order valence-electron chi connectivity index (χ1n) is 5.27. The summed E-state index contributed by atoms with van der Waals surface area (Å²) in [6.07, 6.45) is -2.05. The van der Waals surface area contributed by atoms with Crippen LogP contribution in [0.1, 0.15) is 12.8 Å². The van der Waals surface area contributed by atoms with E-state index in [9.17, 15) is 23.2 Å². The molecule has 2 aliphatic heterocycles. The van der Waals surface area contributed by atoms with Crippen molar-refractivity contribution in [2.24, 2.45) is 0 Å². The van der Waals surface area contributed by atoms with Crippen LogP contribution in [-0.4, -0.2) is 54.8 Å². The van der Waals surface area contributed by atoms with Crippen LogP contribution in [0, 0.1) is 0 Å². The molecule has 2 rings (SSSR count). The van der Waals surface area contributed by atoms with Gasteiger partial charge in [0.2, 0.25) is 0 Å². The Morgan fingerprint density at radius 3 is 2.44 bits per heavy atom. The molecule has 2 fully saturated rings. The van der Waals surface area contributed by atoms with Gasteiger partial charge in [0.1, 0.15) is 0 Å². The van der Waals surface area contributed by atoms with Gasteiger partial charge in [-0.3, -0.25) is 4.90 Å². The molecule has 0 aromatic heterocycles. The molecule has 0 aliphatic carbocycles. The van der Waals surface area contributed by atoms with Crippen molar-refractivity contribution in [1.29, 1.82) is 0 Å². The first-order valence-corrected chi connectivity index (χ1v) is 5.27. The molecule has 0 bridgehead atoms. The van der Waals surface area contributed by atoms with E-state index in [1.165, 1.54) is 4.90 Å². The van der Waals surface area contributed by atoms with E-state index in [0.29, 0.717) is 13.0 Å². The van der Waals surface area contributed by atoms with Crippen LogP contribution >= 0.6 is 0 Å². The van der Waals surface area contributed by atoms with E-state index in [4.69, 9.17) is 0 Å². The average molecular weight is 314 g/mol. The quantitative estimate of drug-likeness (QED) is 0.375. The molecular formula is C8H12BF3K2N2O2. The third kappa shape index (κ3) is 4.48. The molecule has 10 heteroatoms. The summed E-state index contributed by atoms with van der Waals surface area (Å²) in [5.74, 6) is 0. The largest absolute Gasteiger partial charge is 1.00 e. The van der Waals surface area contributed by atoms with Crippen molar-refractivity contribution in [1.82, 2.24) is 9.80 Å². The van der Waals surface area contributed by atoms with E-state index in [2.05, 4.69) is 0 Å². The van der Waals surface area contributed by atoms with Crippen LogP contribution < -0.4 is 113 Å². The van der Waals surface area contributed by atoms with Crippen molar-refractivity contribution in [3.05, 3.63) is 0 Å². The number of fused-ring (bicyclic) bond motifs is 1. The molecule has 4 nitrogen and oxygen atoms in total. The van der Waals surface area contributed by atoms with Crippen molar-refractivity contribution in [2.45, 2.75) is 31.2 Å². The monoisotopic (exact) mass is 314 g/mol. The third-order valence-electron chi connectivity index (χ3n) is 3.22. The van der Waals surface area contributed by atoms with Crippen LogP contribution in [0.15, 0.2) is 0 Å². The maximum absolute atomic E-state index is 13.8. The Balaban J connectivity index is 0.00000144. The normalized spacial score (nSPS) is 31.2. The summed E-state index contributed by atoms with van der Waals surface area (Å²) in [7, 11) is -2.45. The van der Waals surface area contributed by atoms with Crippen LogP contribution in [0.4, 0.5) is 13.2 Å². The smallest absolute Gasteiger partial charge is 0.892 e. The van der Waals surface area contributed by atoms with Gasteiger partial charge in [0.25, 0.3) is 0 Å². The fourth-order valence-electron chi connectivity index (χ4n) is 2.50. The minimum absolute atomic E-state index is 0. The fraction of sp³-hybridized carbons (Fsp3) is 1.00. The molecule has 0 spiro atoms. The standard InChI is InChI=1S/C8H12BF3N2O2.2K/c10-7-4-13-3-1-2-6(13)8(11,12)14(7)5-9(15)16;;/h6-7H,1-5H2;;/q-2;2*+1/t6?,7-;;/m1../s1. The van der Waals surface area contributed by atoms with Crippen LogP contribution in [0.3, 0.4) is 0 Å². The molecule has 2 saturated heterocycles. The van der Waals surface area contributed by atoms with Crippen molar-refractivity contribution >= 4 is 7.12 Å². The third-order valence-corrected chi connectivity index (χ3v) is 3.22. The van der Waals surface area contributed by atoms with E-state index in [-0.39, 0.29) is 121 Å². The van der Waals surface area contributed by atoms with Crippen LogP contribution in [-0.2, 0) is 0 Å². The van der Waals surface area contributed by atoms with Crippen LogP contribution in [0.2, 0.25) is 0 Å². The molecule has 2 heterocycles. The Kier molecular flexibility index (Phi) is 9.97. The van der Waals surface area contributed by atoms with E-state index in [1.54, 1.807) is 0 Å². The van der Waals surface area contributed by atoms with E-state index in [0.717, 1.165) is 0 Å². The second-order valence-corrected chi connectivity index (χ2v) is 4.26. The fourth-order valence-corrected chi connectivity index (χ4v) is 2.50. The van der Waals surface area contributed by atoms with Gasteiger partial charge in [-0.15, -0.1) is 0 Å². The molecule has 0 radical (unpaired) electrons. The van der Waals surface area contributed by atoms with Crippen LogP contribution in [0.25, 0.3) is 0 Å². The van der Waals surface area contributed by atoms with Gasteiger partial charge in [0.05, 0.1) is 6.04 Å². The van der Waals surface area contributed by atoms with Crippen molar-refractivity contribution < 1.29 is 126 Å². The topological polar surface area (TPSA) is 52.6 Å². The number of piperazine rings is 1. The van der Waals surface area contributed by atoms with E-state index in [1.807, 2.05) is 0 Å². The molecule has 1 unspecified atom stereocenters. The molecule has 0 saturated carbocycles. The predicted molar refractivity (Wildman–Crippen MR) is 46.9 cm³/mol. The van der Waals surface area contributed by atoms with Crippen molar-refractivity contribution in [2.75, 3.05) is 19.5 Å². The summed E-state index contributed by atoms with van der Waals surface area (Å²) in [6, 6.07) is -4.47. The summed E-state index contributed by atoms with van der Waals surface area (Å²) in [5.41, 5.74) is 0. The first kappa shape index (κ1) is 21.0. The Labute approximate surface area is 190 Å². The van der Waals surface area contributed by atoms with Gasteiger partial charge in [-0.05, 0) is 19.4 Å². The van der Waals surface area contributed by atoms with E-state index < -0.39 is 31.9 Å². The van der Waals surface area contributed by atoms with Crippen molar-refractivity contribution in [3.63, 3.8) is 0 Å². The number of hydrogen-bond donors (Lipinski definition) is 0. The van der Waals surface area contributed by atoms with E-state index >= 15 is 0 Å². The van der Waals surface area contributed by atoms with Gasteiger partial charge in [0.15, 0.2) is 6.30 Å². The summed E-state index contributed by atoms with van der Waals surface area (Å²) in [4.78, 5) is 1.52. The van der Waals surface area contributed by atoms with Gasteiger partial charge < -0.3 is 10.0 Å². The van der Waals surface area contributed by atoms with Crippen LogP contribution in [0.5, 0.6) is 0 Å². The zero-order valence-corrected chi connectivity index (χ0v) is 16.9. The van der Waals surface area contributed by atoms with Gasteiger partial charge >= 0.3 is 109 Å². The molecular weight excluding hydrogens is 302 g/mol. The minimum Gasteiger partial charge on any atom is -0.892 e.